The Bertz CT molecular complexity index is 592. The smallest absolute Gasteiger partial charge is 0.317 e. The summed E-state index contributed by atoms with van der Waals surface area (Å²) in [5.74, 6) is 0.877. The third-order valence-corrected chi connectivity index (χ3v) is 5.78. The van der Waals surface area contributed by atoms with Crippen LogP contribution in [0.3, 0.4) is 0 Å². The summed E-state index contributed by atoms with van der Waals surface area (Å²) in [7, 11) is 0. The van der Waals surface area contributed by atoms with E-state index in [1.165, 1.54) is 0 Å². The lowest BCUT2D eigenvalue weighted by molar-refractivity contribution is 0.0153. The van der Waals surface area contributed by atoms with Crippen LogP contribution >= 0.6 is 0 Å². The normalized spacial score (nSPS) is 29.6. The van der Waals surface area contributed by atoms with Gasteiger partial charge in [-0.2, -0.15) is 0 Å². The summed E-state index contributed by atoms with van der Waals surface area (Å²) >= 11 is 0. The van der Waals surface area contributed by atoms with Crippen LogP contribution in [-0.2, 0) is 6.42 Å². The summed E-state index contributed by atoms with van der Waals surface area (Å²) < 4.78 is 0. The van der Waals surface area contributed by atoms with Gasteiger partial charge < -0.3 is 15.3 Å². The van der Waals surface area contributed by atoms with Gasteiger partial charge in [0.05, 0.1) is 6.10 Å². The minimum absolute atomic E-state index is 0.0144. The number of hydrogen-bond acceptors (Lipinski definition) is 3. The number of rotatable bonds is 4. The van der Waals surface area contributed by atoms with Gasteiger partial charge in [0.1, 0.15) is 0 Å². The van der Waals surface area contributed by atoms with Gasteiger partial charge in [0.2, 0.25) is 0 Å². The fraction of sp³-hybridized carbons (Fsp3) is 0.700. The molecule has 138 valence electrons. The predicted octanol–water partition coefficient (Wildman–Crippen LogP) is 2.90. The third kappa shape index (κ3) is 4.51. The third-order valence-electron chi connectivity index (χ3n) is 5.78. The summed E-state index contributed by atoms with van der Waals surface area (Å²) in [5.41, 5.74) is 2.01. The highest BCUT2D eigenvalue weighted by Crippen LogP contribution is 2.37. The van der Waals surface area contributed by atoms with Crippen LogP contribution in [0.4, 0.5) is 4.79 Å². The van der Waals surface area contributed by atoms with Crippen LogP contribution in [0.1, 0.15) is 50.4 Å². The van der Waals surface area contributed by atoms with E-state index in [1.807, 2.05) is 30.0 Å². The largest absolute Gasteiger partial charge is 0.393 e. The first-order valence-corrected chi connectivity index (χ1v) is 9.69. The maximum Gasteiger partial charge on any atom is 0.317 e. The lowest BCUT2D eigenvalue weighted by Crippen LogP contribution is -2.49. The molecule has 2 amide bonds. The molecular weight excluding hydrogens is 314 g/mol. The SMILES string of the molecule is Cc1cccc(CCNC(=O)N2CCC[C@@H]2[C@@H]2C[C@H](C)CC[C@H]2O)n1. The number of carbonyl (C=O) groups is 1. The van der Waals surface area contributed by atoms with Crippen molar-refractivity contribution in [3.8, 4) is 0 Å². The Kier molecular flexibility index (Phi) is 5.94. The first-order chi connectivity index (χ1) is 12.0. The number of aliphatic hydroxyl groups excluding tert-OH is 1. The van der Waals surface area contributed by atoms with Crippen LogP contribution < -0.4 is 5.32 Å². The summed E-state index contributed by atoms with van der Waals surface area (Å²) in [6, 6.07) is 6.18. The Labute approximate surface area is 150 Å². The van der Waals surface area contributed by atoms with Crippen molar-refractivity contribution in [1.82, 2.24) is 15.2 Å². The highest BCUT2D eigenvalue weighted by atomic mass is 16.3. The zero-order valence-electron chi connectivity index (χ0n) is 15.4. The molecule has 4 atom stereocenters. The first-order valence-electron chi connectivity index (χ1n) is 9.69. The van der Waals surface area contributed by atoms with E-state index in [4.69, 9.17) is 0 Å². The number of pyridine rings is 1. The molecule has 1 aromatic rings. The number of aliphatic hydroxyl groups is 1. The predicted molar refractivity (Wildman–Crippen MR) is 98.3 cm³/mol. The molecule has 0 bridgehead atoms. The molecular formula is C20H31N3O2. The van der Waals surface area contributed by atoms with Gasteiger partial charge in [-0.3, -0.25) is 4.98 Å². The Balaban J connectivity index is 1.53. The topological polar surface area (TPSA) is 65.5 Å². The quantitative estimate of drug-likeness (QED) is 0.882. The van der Waals surface area contributed by atoms with Gasteiger partial charge in [-0.1, -0.05) is 13.0 Å². The highest BCUT2D eigenvalue weighted by molar-refractivity contribution is 5.74. The molecule has 5 nitrogen and oxygen atoms in total. The Hall–Kier alpha value is -1.62. The number of amides is 2. The molecule has 2 heterocycles. The minimum atomic E-state index is -0.258. The fourth-order valence-corrected chi connectivity index (χ4v) is 4.45. The van der Waals surface area contributed by atoms with Gasteiger partial charge in [0, 0.05) is 42.9 Å². The van der Waals surface area contributed by atoms with Crippen LogP contribution in [0.15, 0.2) is 18.2 Å². The van der Waals surface area contributed by atoms with Crippen LogP contribution in [-0.4, -0.2) is 46.3 Å². The van der Waals surface area contributed by atoms with E-state index in [0.29, 0.717) is 12.5 Å². The number of urea groups is 1. The molecule has 1 saturated heterocycles. The van der Waals surface area contributed by atoms with Gasteiger partial charge in [-0.05, 0) is 57.1 Å². The second-order valence-electron chi connectivity index (χ2n) is 7.80. The second-order valence-corrected chi connectivity index (χ2v) is 7.80. The van der Waals surface area contributed by atoms with Gasteiger partial charge in [0.25, 0.3) is 0 Å². The number of likely N-dealkylation sites (tertiary alicyclic amines) is 1. The molecule has 3 rings (SSSR count). The van der Waals surface area contributed by atoms with E-state index in [0.717, 1.165) is 56.5 Å². The molecule has 5 heteroatoms. The molecule has 0 aromatic carbocycles. The maximum atomic E-state index is 12.7. The molecule has 0 spiro atoms. The van der Waals surface area contributed by atoms with Crippen LogP contribution in [0.5, 0.6) is 0 Å². The van der Waals surface area contributed by atoms with E-state index in [9.17, 15) is 9.90 Å². The van der Waals surface area contributed by atoms with Crippen molar-refractivity contribution in [3.05, 3.63) is 29.6 Å². The summed E-state index contributed by atoms with van der Waals surface area (Å²) in [6.07, 6.45) is 5.54. The minimum Gasteiger partial charge on any atom is -0.393 e. The molecule has 1 aliphatic carbocycles. The standard InChI is InChI=1S/C20H31N3O2/c1-14-8-9-19(24)17(13-14)18-7-4-12-23(18)20(25)21-11-10-16-6-3-5-15(2)22-16/h3,5-6,14,17-19,24H,4,7-13H2,1-2H3,(H,21,25)/t14-,17+,18-,19-/m1/s1. The number of nitrogens with one attached hydrogen (secondary N) is 1. The number of hydrogen-bond donors (Lipinski definition) is 2. The lowest BCUT2D eigenvalue weighted by atomic mass is 9.76. The van der Waals surface area contributed by atoms with Crippen molar-refractivity contribution in [2.24, 2.45) is 11.8 Å². The Morgan fingerprint density at radius 2 is 2.20 bits per heavy atom. The monoisotopic (exact) mass is 345 g/mol. The average Bonchev–Trinajstić information content (AvgIpc) is 3.06. The molecule has 25 heavy (non-hydrogen) atoms. The second kappa shape index (κ2) is 8.17. The number of aromatic nitrogens is 1. The van der Waals surface area contributed by atoms with Crippen molar-refractivity contribution >= 4 is 6.03 Å². The van der Waals surface area contributed by atoms with E-state index in [-0.39, 0.29) is 24.1 Å². The summed E-state index contributed by atoms with van der Waals surface area (Å²) in [6.45, 7) is 5.64. The molecule has 1 saturated carbocycles. The Morgan fingerprint density at radius 1 is 1.36 bits per heavy atom. The van der Waals surface area contributed by atoms with Gasteiger partial charge in [-0.15, -0.1) is 0 Å². The van der Waals surface area contributed by atoms with Crippen molar-refractivity contribution in [3.63, 3.8) is 0 Å². The first kappa shape index (κ1) is 18.2. The lowest BCUT2D eigenvalue weighted by Gasteiger charge is -2.39. The molecule has 2 fully saturated rings. The van der Waals surface area contributed by atoms with Crippen molar-refractivity contribution in [2.45, 2.75) is 64.5 Å². The zero-order chi connectivity index (χ0) is 17.8. The maximum absolute atomic E-state index is 12.7. The molecule has 2 aliphatic rings. The fourth-order valence-electron chi connectivity index (χ4n) is 4.45. The van der Waals surface area contributed by atoms with Crippen molar-refractivity contribution < 1.29 is 9.90 Å². The molecule has 2 N–H and O–H groups in total. The average molecular weight is 345 g/mol. The summed E-state index contributed by atoms with van der Waals surface area (Å²) in [5, 5.41) is 13.5. The van der Waals surface area contributed by atoms with E-state index in [1.54, 1.807) is 0 Å². The molecule has 1 aromatic heterocycles. The molecule has 0 unspecified atom stereocenters. The van der Waals surface area contributed by atoms with Gasteiger partial charge in [0.15, 0.2) is 0 Å². The van der Waals surface area contributed by atoms with Crippen molar-refractivity contribution in [2.75, 3.05) is 13.1 Å². The van der Waals surface area contributed by atoms with Crippen molar-refractivity contribution in [1.29, 1.82) is 0 Å². The highest BCUT2D eigenvalue weighted by Gasteiger charge is 2.40. The molecule has 0 radical (unpaired) electrons. The van der Waals surface area contributed by atoms with Crippen LogP contribution in [0.2, 0.25) is 0 Å². The van der Waals surface area contributed by atoms with Crippen LogP contribution in [0, 0.1) is 18.8 Å². The molecule has 1 aliphatic heterocycles. The zero-order valence-corrected chi connectivity index (χ0v) is 15.4. The number of aryl methyl sites for hydroxylation is 1. The van der Waals surface area contributed by atoms with Crippen LogP contribution in [0.25, 0.3) is 0 Å². The Morgan fingerprint density at radius 3 is 3.00 bits per heavy atom. The number of nitrogens with zero attached hydrogens (tertiary/aromatic N) is 2. The van der Waals surface area contributed by atoms with Gasteiger partial charge >= 0.3 is 6.03 Å². The summed E-state index contributed by atoms with van der Waals surface area (Å²) in [4.78, 5) is 19.1. The van der Waals surface area contributed by atoms with E-state index >= 15 is 0 Å². The van der Waals surface area contributed by atoms with E-state index in [2.05, 4.69) is 17.2 Å². The van der Waals surface area contributed by atoms with E-state index < -0.39 is 0 Å². The number of carbonyl (C=O) groups excluding carboxylic acids is 1. The van der Waals surface area contributed by atoms with Gasteiger partial charge in [-0.25, -0.2) is 4.79 Å².